The number of hydrogen-bond acceptors (Lipinski definition) is 1. The number of alkyl halides is 3. The summed E-state index contributed by atoms with van der Waals surface area (Å²) in [5, 5.41) is 8.28. The lowest BCUT2D eigenvalue weighted by molar-refractivity contribution is -0.138. The molecule has 0 heterocycles. The van der Waals surface area contributed by atoms with E-state index in [1.54, 1.807) is 6.07 Å². The predicted octanol–water partition coefficient (Wildman–Crippen LogP) is 4.39. The Bertz CT molecular complexity index is 444. The maximum atomic E-state index is 12.5. The number of hydrogen-bond donors (Lipinski definition) is 0. The molecule has 1 nitrogen and oxygen atoms in total. The summed E-state index contributed by atoms with van der Waals surface area (Å²) in [5.74, 6) is 0. The lowest BCUT2D eigenvalue weighted by Crippen LogP contribution is -2.06. The third kappa shape index (κ3) is 3.38. The van der Waals surface area contributed by atoms with Crippen LogP contribution in [0.3, 0.4) is 0 Å². The van der Waals surface area contributed by atoms with Crippen molar-refractivity contribution in [3.63, 3.8) is 0 Å². The topological polar surface area (TPSA) is 23.8 Å². The van der Waals surface area contributed by atoms with E-state index in [1.165, 1.54) is 18.2 Å². The van der Waals surface area contributed by atoms with Crippen molar-refractivity contribution in [3.8, 4) is 6.07 Å². The molecule has 0 fully saturated rings. The van der Waals surface area contributed by atoms with Crippen molar-refractivity contribution >= 4 is 22.0 Å². The average Bonchev–Trinajstić information content (AvgIpc) is 2.19. The van der Waals surface area contributed by atoms with Gasteiger partial charge in [0.15, 0.2) is 0 Å². The van der Waals surface area contributed by atoms with Crippen molar-refractivity contribution < 1.29 is 13.2 Å². The number of halogens is 4. The molecule has 0 spiro atoms. The Labute approximate surface area is 99.3 Å². The molecule has 0 N–H and O–H groups in total. The molecule has 0 amide bonds. The zero-order valence-electron chi connectivity index (χ0n) is 8.05. The summed E-state index contributed by atoms with van der Waals surface area (Å²) in [6, 6.07) is 5.81. The molecule has 0 saturated carbocycles. The highest BCUT2D eigenvalue weighted by molar-refractivity contribution is 9.10. The second-order valence-corrected chi connectivity index (χ2v) is 3.86. The molecule has 1 rings (SSSR count). The summed E-state index contributed by atoms with van der Waals surface area (Å²) in [4.78, 5) is 0. The van der Waals surface area contributed by atoms with Crippen LogP contribution in [0.4, 0.5) is 13.2 Å². The molecule has 0 aromatic heterocycles. The van der Waals surface area contributed by atoms with Gasteiger partial charge in [-0.25, -0.2) is 0 Å². The lowest BCUT2D eigenvalue weighted by atomic mass is 10.1. The van der Waals surface area contributed by atoms with E-state index < -0.39 is 11.7 Å². The van der Waals surface area contributed by atoms with Gasteiger partial charge in [0.2, 0.25) is 0 Å². The second-order valence-electron chi connectivity index (χ2n) is 3.00. The first-order chi connectivity index (χ1) is 7.45. The van der Waals surface area contributed by atoms with Crippen LogP contribution < -0.4 is 0 Å². The van der Waals surface area contributed by atoms with E-state index in [2.05, 4.69) is 15.9 Å². The minimum atomic E-state index is -4.38. The van der Waals surface area contributed by atoms with Gasteiger partial charge in [-0.05, 0) is 17.7 Å². The summed E-state index contributed by atoms with van der Waals surface area (Å²) < 4.78 is 37.5. The summed E-state index contributed by atoms with van der Waals surface area (Å²) >= 11 is 2.85. The molecule has 84 valence electrons. The van der Waals surface area contributed by atoms with Crippen LogP contribution in [0.1, 0.15) is 17.5 Å². The van der Waals surface area contributed by atoms with E-state index >= 15 is 0 Å². The van der Waals surface area contributed by atoms with Crippen LogP contribution in [0.25, 0.3) is 6.08 Å². The highest BCUT2D eigenvalue weighted by atomic mass is 79.9. The summed E-state index contributed by atoms with van der Waals surface area (Å²) in [6.07, 6.45) is -1.19. The first-order valence-electron chi connectivity index (χ1n) is 4.35. The molecule has 1 aromatic rings. The van der Waals surface area contributed by atoms with Crippen molar-refractivity contribution in [2.45, 2.75) is 12.6 Å². The quantitative estimate of drug-likeness (QED) is 0.792. The first-order valence-corrected chi connectivity index (χ1v) is 5.14. The molecule has 0 aliphatic carbocycles. The lowest BCUT2D eigenvalue weighted by Gasteiger charge is -2.09. The van der Waals surface area contributed by atoms with Gasteiger partial charge in [0.1, 0.15) is 0 Å². The average molecular weight is 290 g/mol. The number of benzene rings is 1. The minimum Gasteiger partial charge on any atom is -0.198 e. The van der Waals surface area contributed by atoms with Gasteiger partial charge in [-0.1, -0.05) is 34.1 Å². The number of allylic oxidation sites excluding steroid dienone is 1. The van der Waals surface area contributed by atoms with Gasteiger partial charge >= 0.3 is 6.18 Å². The molecule has 0 aliphatic heterocycles. The molecule has 16 heavy (non-hydrogen) atoms. The van der Waals surface area contributed by atoms with Crippen LogP contribution >= 0.6 is 15.9 Å². The van der Waals surface area contributed by atoms with E-state index in [1.807, 2.05) is 6.07 Å². The third-order valence-corrected chi connectivity index (χ3v) is 2.51. The highest BCUT2D eigenvalue weighted by Gasteiger charge is 2.32. The number of nitrogens with zero attached hydrogens (tertiary/aromatic N) is 1. The largest absolute Gasteiger partial charge is 0.417 e. The Balaban J connectivity index is 3.04. The van der Waals surface area contributed by atoms with Crippen LogP contribution in [-0.4, -0.2) is 0 Å². The minimum absolute atomic E-state index is 0.0115. The Morgan fingerprint density at radius 3 is 2.62 bits per heavy atom. The van der Waals surface area contributed by atoms with Crippen LogP contribution in [0.5, 0.6) is 0 Å². The Hall–Kier alpha value is -1.28. The first kappa shape index (κ1) is 12.8. The Morgan fingerprint density at radius 1 is 1.38 bits per heavy atom. The van der Waals surface area contributed by atoms with Crippen molar-refractivity contribution in [2.75, 3.05) is 0 Å². The summed E-state index contributed by atoms with van der Waals surface area (Å²) in [5.41, 5.74) is -0.294. The molecule has 1 aromatic carbocycles. The third-order valence-electron chi connectivity index (χ3n) is 1.82. The Morgan fingerprint density at radius 2 is 2.06 bits per heavy atom. The van der Waals surface area contributed by atoms with E-state index in [0.717, 1.165) is 6.07 Å². The Kier molecular flexibility index (Phi) is 4.13. The van der Waals surface area contributed by atoms with Crippen LogP contribution in [0.15, 0.2) is 28.7 Å². The van der Waals surface area contributed by atoms with Crippen LogP contribution in [0, 0.1) is 11.3 Å². The standard InChI is InChI=1S/C11H7BrF3N/c12-10-5-4-8(3-1-2-6-16)7-9(10)11(13,14)15/h1,3-5,7H,2H2. The van der Waals surface area contributed by atoms with Gasteiger partial charge < -0.3 is 0 Å². The fourth-order valence-corrected chi connectivity index (χ4v) is 1.58. The van der Waals surface area contributed by atoms with E-state index in [4.69, 9.17) is 5.26 Å². The van der Waals surface area contributed by atoms with Crippen molar-refractivity contribution in [1.82, 2.24) is 0 Å². The number of nitriles is 1. The van der Waals surface area contributed by atoms with Crippen LogP contribution in [0.2, 0.25) is 0 Å². The van der Waals surface area contributed by atoms with Gasteiger partial charge in [-0.15, -0.1) is 0 Å². The second kappa shape index (κ2) is 5.17. The molecule has 0 radical (unpaired) electrons. The fraction of sp³-hybridized carbons (Fsp3) is 0.182. The van der Waals surface area contributed by atoms with Crippen LogP contribution in [-0.2, 0) is 6.18 Å². The SMILES string of the molecule is N#CCC=Cc1ccc(Br)c(C(F)(F)F)c1. The van der Waals surface area contributed by atoms with Crippen molar-refractivity contribution in [1.29, 1.82) is 5.26 Å². The molecule has 0 bridgehead atoms. The van der Waals surface area contributed by atoms with Gasteiger partial charge in [-0.3, -0.25) is 0 Å². The smallest absolute Gasteiger partial charge is 0.198 e. The molecular weight excluding hydrogens is 283 g/mol. The summed E-state index contributed by atoms with van der Waals surface area (Å²) in [6.45, 7) is 0. The molecular formula is C11H7BrF3N. The van der Waals surface area contributed by atoms with E-state index in [9.17, 15) is 13.2 Å². The van der Waals surface area contributed by atoms with Crippen molar-refractivity contribution in [3.05, 3.63) is 39.9 Å². The monoisotopic (exact) mass is 289 g/mol. The van der Waals surface area contributed by atoms with Gasteiger partial charge in [-0.2, -0.15) is 18.4 Å². The molecule has 5 heteroatoms. The molecule has 0 saturated heterocycles. The van der Waals surface area contributed by atoms with E-state index in [-0.39, 0.29) is 10.9 Å². The maximum absolute atomic E-state index is 12.5. The fourth-order valence-electron chi connectivity index (χ4n) is 1.11. The molecule has 0 atom stereocenters. The predicted molar refractivity (Wildman–Crippen MR) is 58.4 cm³/mol. The normalized spacial score (nSPS) is 11.7. The zero-order chi connectivity index (χ0) is 12.2. The van der Waals surface area contributed by atoms with E-state index in [0.29, 0.717) is 5.56 Å². The van der Waals surface area contributed by atoms with Gasteiger partial charge in [0.25, 0.3) is 0 Å². The zero-order valence-corrected chi connectivity index (χ0v) is 9.64. The van der Waals surface area contributed by atoms with Gasteiger partial charge in [0.05, 0.1) is 18.1 Å². The highest BCUT2D eigenvalue weighted by Crippen LogP contribution is 2.35. The number of rotatable bonds is 2. The molecule has 0 unspecified atom stereocenters. The summed E-state index contributed by atoms with van der Waals surface area (Å²) in [7, 11) is 0. The van der Waals surface area contributed by atoms with Crippen molar-refractivity contribution in [2.24, 2.45) is 0 Å². The molecule has 0 aliphatic rings. The van der Waals surface area contributed by atoms with Gasteiger partial charge in [0, 0.05) is 4.47 Å². The maximum Gasteiger partial charge on any atom is 0.417 e.